The van der Waals surface area contributed by atoms with Crippen molar-refractivity contribution in [2.75, 3.05) is 13.6 Å². The summed E-state index contributed by atoms with van der Waals surface area (Å²) in [6, 6.07) is -0.236. The molecule has 0 aromatic rings. The molecule has 0 aromatic heterocycles. The first kappa shape index (κ1) is 17.7. The van der Waals surface area contributed by atoms with Crippen molar-refractivity contribution < 1.29 is 19.8 Å². The van der Waals surface area contributed by atoms with E-state index in [0.717, 1.165) is 12.1 Å². The molecule has 0 aliphatic heterocycles. The van der Waals surface area contributed by atoms with Crippen molar-refractivity contribution in [3.63, 3.8) is 0 Å². The summed E-state index contributed by atoms with van der Waals surface area (Å²) in [5, 5.41) is 22.5. The third-order valence-corrected chi connectivity index (χ3v) is 6.91. The van der Waals surface area contributed by atoms with Crippen LogP contribution in [0.2, 0.25) is 0 Å². The minimum Gasteiger partial charge on any atom is -0.504 e. The fourth-order valence-corrected chi connectivity index (χ4v) is 5.34. The van der Waals surface area contributed by atoms with Crippen molar-refractivity contribution in [2.24, 2.45) is 11.3 Å². The van der Waals surface area contributed by atoms with Gasteiger partial charge < -0.3 is 10.2 Å². The summed E-state index contributed by atoms with van der Waals surface area (Å²) in [7, 11) is 2.03. The fraction of sp³-hybridized carbons (Fsp3) is 0.619. The van der Waals surface area contributed by atoms with Gasteiger partial charge in [-0.05, 0) is 50.3 Å². The maximum absolute atomic E-state index is 12.4. The van der Waals surface area contributed by atoms with E-state index < -0.39 is 16.8 Å². The zero-order valence-corrected chi connectivity index (χ0v) is 15.5. The summed E-state index contributed by atoms with van der Waals surface area (Å²) in [4.78, 5) is 26.7. The molecule has 0 unspecified atom stereocenters. The number of carbonyl (C=O) groups excluding carboxylic acids is 2. The van der Waals surface area contributed by atoms with Gasteiger partial charge in [-0.25, -0.2) is 0 Å². The van der Waals surface area contributed by atoms with E-state index in [4.69, 9.17) is 0 Å². The van der Waals surface area contributed by atoms with Crippen LogP contribution in [0.5, 0.6) is 0 Å². The Morgan fingerprint density at radius 3 is 2.65 bits per heavy atom. The van der Waals surface area contributed by atoms with Crippen LogP contribution in [0.3, 0.4) is 0 Å². The highest BCUT2D eigenvalue weighted by atomic mass is 16.3. The molecule has 0 radical (unpaired) electrons. The normalized spacial score (nSPS) is 36.9. The first-order valence-electron chi connectivity index (χ1n) is 9.65. The molecule has 3 atom stereocenters. The second kappa shape index (κ2) is 5.89. The maximum atomic E-state index is 12.4. The van der Waals surface area contributed by atoms with E-state index in [0.29, 0.717) is 30.8 Å². The Bertz CT molecular complexity index is 760. The Kier molecular flexibility index (Phi) is 4.01. The number of aliphatic hydroxyl groups excluding tert-OH is 1. The molecule has 4 aliphatic rings. The standard InChI is InChI=1S/C21H27NO4/c1-3-20-11-15(23)8-9-21(20,26)17(22(2)12-13-4-5-13)10-14-6-7-16(24)19(25)18(14)20/h6-7,10,13,17,25-26H,3-5,8-9,11-12H2,1-2H3/t17-,20-,21-/m1/s1. The molecular weight excluding hydrogens is 330 g/mol. The van der Waals surface area contributed by atoms with Crippen molar-refractivity contribution in [3.8, 4) is 0 Å². The van der Waals surface area contributed by atoms with Gasteiger partial charge >= 0.3 is 0 Å². The highest BCUT2D eigenvalue weighted by Crippen LogP contribution is 2.59. The van der Waals surface area contributed by atoms with Gasteiger partial charge in [-0.1, -0.05) is 19.1 Å². The van der Waals surface area contributed by atoms with Crippen molar-refractivity contribution in [1.29, 1.82) is 0 Å². The molecule has 2 N–H and O–H groups in total. The van der Waals surface area contributed by atoms with Crippen LogP contribution in [0.4, 0.5) is 0 Å². The first-order valence-corrected chi connectivity index (χ1v) is 9.65. The van der Waals surface area contributed by atoms with Crippen LogP contribution in [-0.2, 0) is 9.59 Å². The van der Waals surface area contributed by atoms with Gasteiger partial charge in [0.2, 0.25) is 5.78 Å². The Morgan fingerprint density at radius 1 is 1.27 bits per heavy atom. The summed E-state index contributed by atoms with van der Waals surface area (Å²) < 4.78 is 0. The van der Waals surface area contributed by atoms with Gasteiger partial charge in [0.15, 0.2) is 5.76 Å². The zero-order chi connectivity index (χ0) is 18.7. The van der Waals surface area contributed by atoms with E-state index >= 15 is 0 Å². The van der Waals surface area contributed by atoms with E-state index in [9.17, 15) is 19.8 Å². The molecule has 0 bridgehead atoms. The minimum absolute atomic E-state index is 0.0867. The van der Waals surface area contributed by atoms with Crippen LogP contribution in [0.15, 0.2) is 35.1 Å². The van der Waals surface area contributed by atoms with Crippen LogP contribution in [0.1, 0.15) is 45.4 Å². The summed E-state index contributed by atoms with van der Waals surface area (Å²) in [5.41, 5.74) is -0.841. The smallest absolute Gasteiger partial charge is 0.220 e. The van der Waals surface area contributed by atoms with Crippen molar-refractivity contribution in [1.82, 2.24) is 4.90 Å². The molecule has 4 aliphatic carbocycles. The molecule has 26 heavy (non-hydrogen) atoms. The number of fused-ring (bicyclic) bond motifs is 3. The van der Waals surface area contributed by atoms with Crippen molar-refractivity contribution in [3.05, 3.63) is 35.1 Å². The molecule has 0 spiro atoms. The largest absolute Gasteiger partial charge is 0.504 e. The van der Waals surface area contributed by atoms with Crippen LogP contribution >= 0.6 is 0 Å². The highest BCUT2D eigenvalue weighted by molar-refractivity contribution is 6.05. The average Bonchev–Trinajstić information content (AvgIpc) is 3.42. The van der Waals surface area contributed by atoms with E-state index in [2.05, 4.69) is 4.90 Å². The second-order valence-electron chi connectivity index (χ2n) is 8.45. The lowest BCUT2D eigenvalue weighted by Crippen LogP contribution is -2.66. The van der Waals surface area contributed by atoms with Gasteiger partial charge in [-0.3, -0.25) is 14.5 Å². The predicted octanol–water partition coefficient (Wildman–Crippen LogP) is 2.47. The Hall–Kier alpha value is -1.72. The monoisotopic (exact) mass is 357 g/mol. The number of nitrogens with zero attached hydrogens (tertiary/aromatic N) is 1. The van der Waals surface area contributed by atoms with Crippen LogP contribution < -0.4 is 0 Å². The van der Waals surface area contributed by atoms with Gasteiger partial charge in [-0.2, -0.15) is 0 Å². The van der Waals surface area contributed by atoms with Gasteiger partial charge in [0.25, 0.3) is 0 Å². The number of aliphatic hydroxyl groups is 2. The van der Waals surface area contributed by atoms with Gasteiger partial charge in [0.1, 0.15) is 5.78 Å². The average molecular weight is 357 g/mol. The lowest BCUT2D eigenvalue weighted by molar-refractivity contribution is -0.156. The Morgan fingerprint density at radius 2 is 2.00 bits per heavy atom. The van der Waals surface area contributed by atoms with Crippen LogP contribution in [-0.4, -0.2) is 51.9 Å². The molecule has 2 saturated carbocycles. The SMILES string of the molecule is CC[C@]12CC(=O)CC[C@@]1(O)[C@H](N(C)CC1CC1)C=C1C=CC(=O)C(O)=C12. The number of hydrogen-bond donors (Lipinski definition) is 2. The third kappa shape index (κ3) is 2.37. The van der Waals surface area contributed by atoms with E-state index in [1.54, 1.807) is 6.08 Å². The quantitative estimate of drug-likeness (QED) is 0.808. The van der Waals surface area contributed by atoms with E-state index in [-0.39, 0.29) is 24.0 Å². The molecule has 0 aromatic carbocycles. The van der Waals surface area contributed by atoms with E-state index in [1.807, 2.05) is 20.0 Å². The molecule has 0 amide bonds. The Labute approximate surface area is 154 Å². The fourth-order valence-electron chi connectivity index (χ4n) is 5.34. The molecule has 4 rings (SSSR count). The summed E-state index contributed by atoms with van der Waals surface area (Å²) in [5.74, 6) is 0.00731. The molecule has 5 heteroatoms. The zero-order valence-electron chi connectivity index (χ0n) is 15.5. The molecule has 5 nitrogen and oxygen atoms in total. The molecule has 140 valence electrons. The lowest BCUT2D eigenvalue weighted by Gasteiger charge is -2.58. The predicted molar refractivity (Wildman–Crippen MR) is 97.6 cm³/mol. The Balaban J connectivity index is 1.90. The van der Waals surface area contributed by atoms with E-state index in [1.165, 1.54) is 18.9 Å². The summed E-state index contributed by atoms with van der Waals surface area (Å²) >= 11 is 0. The van der Waals surface area contributed by atoms with Gasteiger partial charge in [0, 0.05) is 30.4 Å². The number of ketones is 2. The van der Waals surface area contributed by atoms with Crippen LogP contribution in [0, 0.1) is 11.3 Å². The molecule has 0 heterocycles. The van der Waals surface area contributed by atoms with Crippen molar-refractivity contribution >= 4 is 11.6 Å². The number of carbonyl (C=O) groups is 2. The highest BCUT2D eigenvalue weighted by Gasteiger charge is 2.62. The number of rotatable bonds is 4. The van der Waals surface area contributed by atoms with Gasteiger partial charge in [-0.15, -0.1) is 0 Å². The third-order valence-electron chi connectivity index (χ3n) is 6.91. The lowest BCUT2D eigenvalue weighted by atomic mass is 9.50. The second-order valence-corrected chi connectivity index (χ2v) is 8.45. The molecular formula is C21H27NO4. The number of Topliss-reactive ketones (excluding diaryl/α,β-unsaturated/α-hetero) is 1. The summed E-state index contributed by atoms with van der Waals surface area (Å²) in [6.07, 6.45) is 8.91. The summed E-state index contributed by atoms with van der Waals surface area (Å²) in [6.45, 7) is 2.85. The molecule has 2 fully saturated rings. The minimum atomic E-state index is -1.17. The first-order chi connectivity index (χ1) is 12.3. The van der Waals surface area contributed by atoms with Gasteiger partial charge in [0.05, 0.1) is 11.6 Å². The number of hydrogen-bond acceptors (Lipinski definition) is 5. The number of likely N-dealkylation sites (N-methyl/N-ethyl adjacent to an activating group) is 1. The topological polar surface area (TPSA) is 77.8 Å². The molecule has 0 saturated heterocycles. The maximum Gasteiger partial charge on any atom is 0.220 e. The van der Waals surface area contributed by atoms with Crippen LogP contribution in [0.25, 0.3) is 0 Å². The number of allylic oxidation sites excluding steroid dienone is 3. The van der Waals surface area contributed by atoms with Crippen molar-refractivity contribution in [2.45, 2.75) is 57.1 Å².